The average Bonchev–Trinajstić information content (AvgIpc) is 2.60. The third kappa shape index (κ3) is 3.01. The smallest absolute Gasteiger partial charge is 0.337 e. The molecule has 5 heteroatoms. The highest BCUT2D eigenvalue weighted by atomic mass is 16.5. The first-order valence-electron chi connectivity index (χ1n) is 7.63. The highest BCUT2D eigenvalue weighted by Gasteiger charge is 2.15. The van der Waals surface area contributed by atoms with E-state index < -0.39 is 5.63 Å². The van der Waals surface area contributed by atoms with Gasteiger partial charge in [-0.25, -0.2) is 4.79 Å². The third-order valence-corrected chi connectivity index (χ3v) is 3.84. The summed E-state index contributed by atoms with van der Waals surface area (Å²) in [5.41, 5.74) is 1.77. The molecule has 0 saturated carbocycles. The Morgan fingerprint density at radius 1 is 1.17 bits per heavy atom. The molecule has 5 nitrogen and oxygen atoms in total. The fourth-order valence-electron chi connectivity index (χ4n) is 2.60. The molecule has 0 aliphatic heterocycles. The number of hydrogen-bond donors (Lipinski definition) is 1. The summed E-state index contributed by atoms with van der Waals surface area (Å²) in [6.07, 6.45) is 0.797. The van der Waals surface area contributed by atoms with Gasteiger partial charge in [0.2, 0.25) is 0 Å². The average molecular weight is 323 g/mol. The lowest BCUT2D eigenvalue weighted by Crippen LogP contribution is -2.16. The lowest BCUT2D eigenvalue weighted by atomic mass is 10.1. The maximum absolute atomic E-state index is 12.7. The van der Waals surface area contributed by atoms with Crippen molar-refractivity contribution in [2.24, 2.45) is 0 Å². The summed E-state index contributed by atoms with van der Waals surface area (Å²) in [7, 11) is 1.53. The minimum atomic E-state index is -0.579. The van der Waals surface area contributed by atoms with Gasteiger partial charge in [-0.15, -0.1) is 0 Å². The molecular formula is C19H17NO4. The second kappa shape index (κ2) is 6.58. The number of hydrogen-bond acceptors (Lipinski definition) is 4. The Bertz CT molecular complexity index is 959. The number of rotatable bonds is 4. The van der Waals surface area contributed by atoms with E-state index in [0.717, 1.165) is 17.7 Å². The van der Waals surface area contributed by atoms with Gasteiger partial charge in [0, 0.05) is 23.2 Å². The molecule has 1 amide bonds. The van der Waals surface area contributed by atoms with E-state index in [-0.39, 0.29) is 11.5 Å². The van der Waals surface area contributed by atoms with Crippen LogP contribution in [0, 0.1) is 0 Å². The van der Waals surface area contributed by atoms with Gasteiger partial charge in [-0.1, -0.05) is 25.1 Å². The molecule has 0 saturated heterocycles. The number of benzene rings is 2. The maximum atomic E-state index is 12.7. The Hall–Kier alpha value is -3.08. The molecule has 0 aliphatic carbocycles. The van der Waals surface area contributed by atoms with Gasteiger partial charge in [0.25, 0.3) is 5.91 Å². The van der Waals surface area contributed by atoms with Gasteiger partial charge in [-0.3, -0.25) is 4.79 Å². The Morgan fingerprint density at radius 3 is 2.71 bits per heavy atom. The molecule has 0 unspecified atom stereocenters. The van der Waals surface area contributed by atoms with Crippen molar-refractivity contribution in [3.8, 4) is 5.75 Å². The molecule has 24 heavy (non-hydrogen) atoms. The van der Waals surface area contributed by atoms with Crippen LogP contribution < -0.4 is 15.7 Å². The van der Waals surface area contributed by atoms with Crippen LogP contribution in [0.4, 0.5) is 5.69 Å². The van der Waals surface area contributed by atoms with Crippen molar-refractivity contribution >= 4 is 22.6 Å². The van der Waals surface area contributed by atoms with Crippen LogP contribution in [-0.4, -0.2) is 13.0 Å². The minimum Gasteiger partial charge on any atom is -0.497 e. The van der Waals surface area contributed by atoms with E-state index in [4.69, 9.17) is 9.15 Å². The zero-order chi connectivity index (χ0) is 17.1. The molecule has 0 radical (unpaired) electrons. The monoisotopic (exact) mass is 323 g/mol. The number of carbonyl (C=O) groups is 1. The van der Waals surface area contributed by atoms with Gasteiger partial charge in [-0.2, -0.15) is 0 Å². The summed E-state index contributed by atoms with van der Waals surface area (Å²) in [5.74, 6) is 0.207. The topological polar surface area (TPSA) is 68.5 Å². The minimum absolute atomic E-state index is 0.273. The van der Waals surface area contributed by atoms with Crippen LogP contribution in [0.25, 0.3) is 11.0 Å². The number of amides is 1. The molecule has 0 aliphatic rings. The van der Waals surface area contributed by atoms with Crippen LogP contribution in [-0.2, 0) is 6.42 Å². The molecular weight excluding hydrogens is 306 g/mol. The fourth-order valence-corrected chi connectivity index (χ4v) is 2.60. The van der Waals surface area contributed by atoms with E-state index >= 15 is 0 Å². The number of carbonyl (C=O) groups excluding carboxylic acids is 1. The van der Waals surface area contributed by atoms with Crippen molar-refractivity contribution in [1.29, 1.82) is 0 Å². The van der Waals surface area contributed by atoms with Gasteiger partial charge in [0.05, 0.1) is 12.7 Å². The van der Waals surface area contributed by atoms with Crippen LogP contribution in [0.5, 0.6) is 5.75 Å². The zero-order valence-corrected chi connectivity index (χ0v) is 13.5. The van der Waals surface area contributed by atoms with Gasteiger partial charge >= 0.3 is 5.63 Å². The second-order valence-corrected chi connectivity index (χ2v) is 5.31. The van der Waals surface area contributed by atoms with Crippen LogP contribution in [0.1, 0.15) is 22.8 Å². The van der Waals surface area contributed by atoms with E-state index in [1.165, 1.54) is 13.2 Å². The molecule has 1 aromatic heterocycles. The fraction of sp³-hybridized carbons (Fsp3) is 0.158. The third-order valence-electron chi connectivity index (χ3n) is 3.84. The first-order chi connectivity index (χ1) is 11.6. The number of ether oxygens (including phenoxy) is 1. The molecule has 3 aromatic rings. The van der Waals surface area contributed by atoms with E-state index in [0.29, 0.717) is 16.7 Å². The Kier molecular flexibility index (Phi) is 4.33. The molecule has 0 spiro atoms. The summed E-state index contributed by atoms with van der Waals surface area (Å²) < 4.78 is 10.3. The van der Waals surface area contributed by atoms with Crippen molar-refractivity contribution in [2.45, 2.75) is 13.3 Å². The number of fused-ring (bicyclic) bond motifs is 1. The molecule has 0 bridgehead atoms. The molecule has 1 N–H and O–H groups in total. The lowest BCUT2D eigenvalue weighted by molar-refractivity contribution is 0.102. The summed E-state index contributed by atoms with van der Waals surface area (Å²) in [6.45, 7) is 2.02. The van der Waals surface area contributed by atoms with E-state index in [1.807, 2.05) is 31.2 Å². The summed E-state index contributed by atoms with van der Waals surface area (Å²) in [6, 6.07) is 13.8. The predicted molar refractivity (Wildman–Crippen MR) is 92.8 cm³/mol. The first-order valence-corrected chi connectivity index (χ1v) is 7.63. The Morgan fingerprint density at radius 2 is 1.96 bits per heavy atom. The summed E-state index contributed by atoms with van der Waals surface area (Å²) in [4.78, 5) is 24.5. The largest absolute Gasteiger partial charge is 0.497 e. The Labute approximate surface area is 138 Å². The Balaban J connectivity index is 2.05. The summed E-state index contributed by atoms with van der Waals surface area (Å²) >= 11 is 0. The highest BCUT2D eigenvalue weighted by molar-refractivity contribution is 6.12. The normalized spacial score (nSPS) is 10.6. The van der Waals surface area contributed by atoms with Crippen LogP contribution in [0.3, 0.4) is 0 Å². The number of para-hydroxylation sites is 1. The van der Waals surface area contributed by atoms with E-state index in [9.17, 15) is 9.59 Å². The molecule has 1 heterocycles. The van der Waals surface area contributed by atoms with E-state index in [1.54, 1.807) is 18.2 Å². The number of aryl methyl sites for hydroxylation is 1. The van der Waals surface area contributed by atoms with E-state index in [2.05, 4.69) is 5.32 Å². The second-order valence-electron chi connectivity index (χ2n) is 5.31. The first kappa shape index (κ1) is 15.8. The molecule has 122 valence electrons. The maximum Gasteiger partial charge on any atom is 0.337 e. The van der Waals surface area contributed by atoms with Crippen molar-refractivity contribution in [3.63, 3.8) is 0 Å². The zero-order valence-electron chi connectivity index (χ0n) is 13.5. The molecule has 2 aromatic carbocycles. The van der Waals surface area contributed by atoms with Crippen molar-refractivity contribution in [2.75, 3.05) is 12.4 Å². The van der Waals surface area contributed by atoms with Gasteiger partial charge < -0.3 is 14.5 Å². The predicted octanol–water partition coefficient (Wildman–Crippen LogP) is 3.62. The molecule has 0 fully saturated rings. The molecule has 0 atom stereocenters. The number of methoxy groups -OCH3 is 1. The van der Waals surface area contributed by atoms with Crippen molar-refractivity contribution < 1.29 is 13.9 Å². The quantitative estimate of drug-likeness (QED) is 0.745. The SMILES string of the molecule is CCc1ccccc1NC(=O)c1cc(=O)oc2cc(OC)ccc12. The standard InChI is InChI=1S/C19H17NO4/c1-3-12-6-4-5-7-16(12)20-19(22)15-11-18(21)24-17-10-13(23-2)8-9-14(15)17/h4-11H,3H2,1-2H3,(H,20,22). The van der Waals surface area contributed by atoms with Gasteiger partial charge in [-0.05, 0) is 30.2 Å². The molecule has 3 rings (SSSR count). The van der Waals surface area contributed by atoms with Gasteiger partial charge in [0.1, 0.15) is 11.3 Å². The number of anilines is 1. The highest BCUT2D eigenvalue weighted by Crippen LogP contribution is 2.24. The van der Waals surface area contributed by atoms with Crippen LogP contribution in [0.2, 0.25) is 0 Å². The van der Waals surface area contributed by atoms with Crippen molar-refractivity contribution in [3.05, 3.63) is 70.1 Å². The summed E-state index contributed by atoms with van der Waals surface area (Å²) in [5, 5.41) is 3.43. The lowest BCUT2D eigenvalue weighted by Gasteiger charge is -2.11. The number of nitrogens with one attached hydrogen (secondary N) is 1. The van der Waals surface area contributed by atoms with Crippen molar-refractivity contribution in [1.82, 2.24) is 0 Å². The van der Waals surface area contributed by atoms with Crippen LogP contribution >= 0.6 is 0 Å². The van der Waals surface area contributed by atoms with Gasteiger partial charge in [0.15, 0.2) is 0 Å². The van der Waals surface area contributed by atoms with Crippen LogP contribution in [0.15, 0.2) is 57.7 Å².